The van der Waals surface area contributed by atoms with Crippen LogP contribution in [0.25, 0.3) is 0 Å². The van der Waals surface area contributed by atoms with Gasteiger partial charge >= 0.3 is 12.0 Å². The van der Waals surface area contributed by atoms with Gasteiger partial charge in [0.25, 0.3) is 0 Å². The number of piperidine rings is 1. The zero-order valence-electron chi connectivity index (χ0n) is 14.9. The molecule has 8 heteroatoms. The molecular weight excluding hydrogens is 346 g/mol. The van der Waals surface area contributed by atoms with Crippen molar-refractivity contribution in [2.24, 2.45) is 0 Å². The maximum atomic E-state index is 12.3. The molecule has 2 N–H and O–H groups in total. The lowest BCUT2D eigenvalue weighted by atomic mass is 10.00. The maximum Gasteiger partial charge on any atom is 0.341 e. The average Bonchev–Trinajstić information content (AvgIpc) is 2.59. The van der Waals surface area contributed by atoms with Crippen LogP contribution >= 0.6 is 11.6 Å². The number of amides is 2. The van der Waals surface area contributed by atoms with Gasteiger partial charge < -0.3 is 14.8 Å². The van der Waals surface area contributed by atoms with Crippen molar-refractivity contribution >= 4 is 29.3 Å². The van der Waals surface area contributed by atoms with Crippen LogP contribution in [0.5, 0.6) is 5.75 Å². The Bertz CT molecular complexity index is 643. The lowest BCUT2D eigenvalue weighted by Gasteiger charge is -2.38. The molecule has 138 valence electrons. The number of halogens is 1. The van der Waals surface area contributed by atoms with Gasteiger partial charge in [0.05, 0.1) is 24.9 Å². The molecule has 7 nitrogen and oxygen atoms in total. The topological polar surface area (TPSA) is 79.9 Å². The van der Waals surface area contributed by atoms with Gasteiger partial charge in [-0.25, -0.2) is 14.6 Å². The summed E-state index contributed by atoms with van der Waals surface area (Å²) < 4.78 is 9.88. The SMILES string of the molecule is COC(=O)c1cc(Cl)c(NC(=O)NN2[C@H](C)CCC[C@H]2C)cc1OC. The Balaban J connectivity index is 2.13. The highest BCUT2D eigenvalue weighted by Crippen LogP contribution is 2.31. The van der Waals surface area contributed by atoms with Gasteiger partial charge in [0.15, 0.2) is 0 Å². The van der Waals surface area contributed by atoms with Gasteiger partial charge in [0, 0.05) is 18.2 Å². The molecule has 1 saturated heterocycles. The quantitative estimate of drug-likeness (QED) is 0.795. The molecule has 0 bridgehead atoms. The van der Waals surface area contributed by atoms with Crippen LogP contribution < -0.4 is 15.5 Å². The number of hydrazine groups is 1. The van der Waals surface area contributed by atoms with E-state index in [1.165, 1.54) is 26.4 Å². The van der Waals surface area contributed by atoms with E-state index in [9.17, 15) is 9.59 Å². The van der Waals surface area contributed by atoms with Crippen molar-refractivity contribution in [1.29, 1.82) is 0 Å². The van der Waals surface area contributed by atoms with Crippen molar-refractivity contribution in [2.75, 3.05) is 19.5 Å². The standard InChI is InChI=1S/C17H24ClN3O4/c1-10-6-5-7-11(2)21(10)20-17(23)19-14-9-15(24-3)12(8-13(14)18)16(22)25-4/h8-11H,5-7H2,1-4H3,(H2,19,20,23)/t10-,11-/m1/s1. The van der Waals surface area contributed by atoms with E-state index in [4.69, 9.17) is 21.1 Å². The maximum absolute atomic E-state index is 12.3. The Labute approximate surface area is 152 Å². The number of hydrogen-bond acceptors (Lipinski definition) is 5. The molecular formula is C17H24ClN3O4. The number of carbonyl (C=O) groups is 2. The summed E-state index contributed by atoms with van der Waals surface area (Å²) in [4.78, 5) is 24.1. The number of nitrogens with one attached hydrogen (secondary N) is 2. The van der Waals surface area contributed by atoms with Gasteiger partial charge in [-0.05, 0) is 32.8 Å². The lowest BCUT2D eigenvalue weighted by molar-refractivity contribution is 0.0597. The van der Waals surface area contributed by atoms with E-state index in [1.807, 2.05) is 5.01 Å². The number of esters is 1. The zero-order valence-corrected chi connectivity index (χ0v) is 15.6. The van der Waals surface area contributed by atoms with Crippen molar-refractivity contribution < 1.29 is 19.1 Å². The van der Waals surface area contributed by atoms with Crippen molar-refractivity contribution in [1.82, 2.24) is 10.4 Å². The van der Waals surface area contributed by atoms with Crippen LogP contribution in [0.4, 0.5) is 10.5 Å². The Hall–Kier alpha value is -1.99. The number of nitrogens with zero attached hydrogens (tertiary/aromatic N) is 1. The minimum absolute atomic E-state index is 0.194. The molecule has 1 aliphatic rings. The van der Waals surface area contributed by atoms with Gasteiger partial charge in [-0.1, -0.05) is 18.0 Å². The number of ether oxygens (including phenoxy) is 2. The summed E-state index contributed by atoms with van der Waals surface area (Å²) in [6, 6.07) is 3.04. The first-order valence-electron chi connectivity index (χ1n) is 8.19. The van der Waals surface area contributed by atoms with E-state index in [0.29, 0.717) is 5.69 Å². The molecule has 1 aliphatic heterocycles. The summed E-state index contributed by atoms with van der Waals surface area (Å²) in [5.74, 6) is -0.294. The third-order valence-corrected chi connectivity index (χ3v) is 4.68. The number of benzene rings is 1. The predicted molar refractivity (Wildman–Crippen MR) is 96.1 cm³/mol. The molecule has 2 atom stereocenters. The predicted octanol–water partition coefficient (Wildman–Crippen LogP) is 3.43. The summed E-state index contributed by atoms with van der Waals surface area (Å²) in [6.45, 7) is 4.16. The van der Waals surface area contributed by atoms with Crippen molar-refractivity contribution in [3.05, 3.63) is 22.7 Å². The summed E-state index contributed by atoms with van der Waals surface area (Å²) in [5.41, 5.74) is 3.41. The number of urea groups is 1. The minimum atomic E-state index is -0.564. The van der Waals surface area contributed by atoms with Gasteiger partial charge in [-0.3, -0.25) is 5.43 Å². The van der Waals surface area contributed by atoms with Crippen molar-refractivity contribution in [3.63, 3.8) is 0 Å². The Morgan fingerprint density at radius 2 is 1.84 bits per heavy atom. The summed E-state index contributed by atoms with van der Waals surface area (Å²) in [6.07, 6.45) is 3.22. The molecule has 0 spiro atoms. The van der Waals surface area contributed by atoms with Crippen LogP contribution in [0, 0.1) is 0 Å². The Morgan fingerprint density at radius 3 is 2.40 bits per heavy atom. The third kappa shape index (κ3) is 4.55. The number of hydrogen-bond donors (Lipinski definition) is 2. The summed E-state index contributed by atoms with van der Waals surface area (Å²) in [7, 11) is 2.70. The van der Waals surface area contributed by atoms with E-state index in [0.717, 1.165) is 19.3 Å². The fourth-order valence-corrected chi connectivity index (χ4v) is 3.21. The first-order chi connectivity index (χ1) is 11.9. The fraction of sp³-hybridized carbons (Fsp3) is 0.529. The molecule has 2 rings (SSSR count). The van der Waals surface area contributed by atoms with Crippen LogP contribution in [0.2, 0.25) is 5.02 Å². The zero-order chi connectivity index (χ0) is 18.6. The van der Waals surface area contributed by atoms with E-state index in [-0.39, 0.29) is 28.4 Å². The Kier molecular flexibility index (Phi) is 6.50. The van der Waals surface area contributed by atoms with Crippen LogP contribution in [0.1, 0.15) is 43.5 Å². The molecule has 0 aromatic heterocycles. The van der Waals surface area contributed by atoms with E-state index < -0.39 is 12.0 Å². The summed E-state index contributed by atoms with van der Waals surface area (Å²) >= 11 is 6.18. The van der Waals surface area contributed by atoms with E-state index in [1.54, 1.807) is 0 Å². The molecule has 1 fully saturated rings. The first-order valence-corrected chi connectivity index (χ1v) is 8.57. The van der Waals surface area contributed by atoms with Gasteiger partial charge in [0.2, 0.25) is 0 Å². The molecule has 0 aliphatic carbocycles. The molecule has 1 heterocycles. The second-order valence-electron chi connectivity index (χ2n) is 6.13. The molecule has 1 aromatic rings. The monoisotopic (exact) mass is 369 g/mol. The molecule has 0 saturated carbocycles. The van der Waals surface area contributed by atoms with Crippen LogP contribution in [-0.2, 0) is 4.74 Å². The van der Waals surface area contributed by atoms with Crippen LogP contribution in [0.3, 0.4) is 0 Å². The molecule has 0 radical (unpaired) electrons. The van der Waals surface area contributed by atoms with Crippen molar-refractivity contribution in [2.45, 2.75) is 45.2 Å². The summed E-state index contributed by atoms with van der Waals surface area (Å²) in [5, 5.41) is 4.87. The van der Waals surface area contributed by atoms with Gasteiger partial charge in [-0.2, -0.15) is 0 Å². The minimum Gasteiger partial charge on any atom is -0.496 e. The highest BCUT2D eigenvalue weighted by Gasteiger charge is 2.26. The highest BCUT2D eigenvalue weighted by atomic mass is 35.5. The molecule has 1 aromatic carbocycles. The lowest BCUT2D eigenvalue weighted by Crippen LogP contribution is -2.55. The smallest absolute Gasteiger partial charge is 0.341 e. The largest absolute Gasteiger partial charge is 0.496 e. The van der Waals surface area contributed by atoms with E-state index >= 15 is 0 Å². The number of carbonyl (C=O) groups excluding carboxylic acids is 2. The number of rotatable bonds is 4. The highest BCUT2D eigenvalue weighted by molar-refractivity contribution is 6.34. The molecule has 2 amide bonds. The van der Waals surface area contributed by atoms with Crippen LogP contribution in [0.15, 0.2) is 12.1 Å². The molecule has 25 heavy (non-hydrogen) atoms. The number of anilines is 1. The van der Waals surface area contributed by atoms with Gasteiger partial charge in [-0.15, -0.1) is 0 Å². The Morgan fingerprint density at radius 1 is 1.20 bits per heavy atom. The van der Waals surface area contributed by atoms with Crippen molar-refractivity contribution in [3.8, 4) is 5.75 Å². The fourth-order valence-electron chi connectivity index (χ4n) is 3.00. The average molecular weight is 370 g/mol. The van der Waals surface area contributed by atoms with Gasteiger partial charge in [0.1, 0.15) is 11.3 Å². The van der Waals surface area contributed by atoms with E-state index in [2.05, 4.69) is 24.6 Å². The molecule has 0 unspecified atom stereocenters. The second-order valence-corrected chi connectivity index (χ2v) is 6.53. The van der Waals surface area contributed by atoms with Crippen LogP contribution in [-0.4, -0.2) is 43.3 Å². The third-order valence-electron chi connectivity index (χ3n) is 4.37. The normalized spacial score (nSPS) is 20.7. The number of methoxy groups -OCH3 is 2. The first kappa shape index (κ1) is 19.3. The second kappa shape index (κ2) is 8.40.